The van der Waals surface area contributed by atoms with Crippen LogP contribution in [0.15, 0.2) is 82.2 Å². The predicted molar refractivity (Wildman–Crippen MR) is 124 cm³/mol. The lowest BCUT2D eigenvalue weighted by Crippen LogP contribution is -2.23. The molecule has 170 valence electrons. The molecule has 0 saturated carbocycles. The zero-order valence-electron chi connectivity index (χ0n) is 18.3. The minimum atomic E-state index is -0.525. The molecule has 0 bridgehead atoms. The van der Waals surface area contributed by atoms with Crippen LogP contribution < -0.4 is 14.9 Å². The van der Waals surface area contributed by atoms with Crippen LogP contribution in [-0.4, -0.2) is 25.7 Å². The van der Waals surface area contributed by atoms with E-state index in [0.29, 0.717) is 39.2 Å². The Morgan fingerprint density at radius 1 is 1.00 bits per heavy atom. The van der Waals surface area contributed by atoms with Crippen molar-refractivity contribution in [1.82, 2.24) is 0 Å². The molecule has 5 rings (SSSR count). The fourth-order valence-corrected chi connectivity index (χ4v) is 4.23. The lowest BCUT2D eigenvalue weighted by atomic mass is 9.84. The van der Waals surface area contributed by atoms with E-state index in [2.05, 4.69) is 4.74 Å². The minimum absolute atomic E-state index is 0.0227. The van der Waals surface area contributed by atoms with Gasteiger partial charge < -0.3 is 18.6 Å². The van der Waals surface area contributed by atoms with Gasteiger partial charge in [-0.25, -0.2) is 4.79 Å². The quantitative estimate of drug-likeness (QED) is 0.324. The highest BCUT2D eigenvalue weighted by Gasteiger charge is 2.33. The van der Waals surface area contributed by atoms with E-state index >= 15 is 0 Å². The first-order valence-corrected chi connectivity index (χ1v) is 10.7. The smallest absolute Gasteiger partial charge is 0.343 e. The second kappa shape index (κ2) is 8.86. The van der Waals surface area contributed by atoms with Gasteiger partial charge in [0, 0.05) is 17.0 Å². The van der Waals surface area contributed by atoms with E-state index in [-0.39, 0.29) is 18.5 Å². The molecule has 0 aliphatic carbocycles. The van der Waals surface area contributed by atoms with E-state index in [1.54, 1.807) is 24.3 Å². The van der Waals surface area contributed by atoms with Gasteiger partial charge in [-0.15, -0.1) is 0 Å². The second-order valence-corrected chi connectivity index (χ2v) is 7.83. The van der Waals surface area contributed by atoms with Crippen molar-refractivity contribution >= 4 is 22.9 Å². The Labute approximate surface area is 194 Å². The molecule has 0 spiro atoms. The van der Waals surface area contributed by atoms with Crippen LogP contribution >= 0.6 is 0 Å². The molecule has 0 N–H and O–H groups in total. The van der Waals surface area contributed by atoms with E-state index in [1.165, 1.54) is 13.4 Å². The van der Waals surface area contributed by atoms with Crippen LogP contribution in [-0.2, 0) is 14.3 Å². The Kier molecular flexibility index (Phi) is 5.59. The summed E-state index contributed by atoms with van der Waals surface area (Å²) in [5.74, 6) is -0.684. The van der Waals surface area contributed by atoms with Gasteiger partial charge in [0.1, 0.15) is 23.3 Å². The Bertz CT molecular complexity index is 1450. The number of fused-ring (bicyclic) bond motifs is 3. The molecule has 1 aliphatic heterocycles. The van der Waals surface area contributed by atoms with Crippen LogP contribution in [0, 0.1) is 0 Å². The molecular weight excluding hydrogens is 436 g/mol. The third kappa shape index (κ3) is 3.81. The van der Waals surface area contributed by atoms with Gasteiger partial charge in [-0.05, 0) is 23.8 Å². The standard InChI is InChI=1S/C27H20O7/c1-31-24(29)15-32-21-10-6-5-9-17(21)19-13-23(28)34-22-12-11-18-26(30)20(14-33-27(18)25(19)22)16-7-3-2-4-8-16/h2-12,14,19H,13,15H2,1H3. The highest BCUT2D eigenvalue weighted by molar-refractivity contribution is 5.90. The molecule has 2 heterocycles. The summed E-state index contributed by atoms with van der Waals surface area (Å²) in [6, 6.07) is 19.6. The SMILES string of the molecule is COC(=O)COc1ccccc1C1CC(=O)Oc2ccc3c(=O)c(-c4ccccc4)coc3c21. The van der Waals surface area contributed by atoms with Crippen molar-refractivity contribution < 1.29 is 28.2 Å². The molecule has 1 atom stereocenters. The Morgan fingerprint density at radius 2 is 1.76 bits per heavy atom. The summed E-state index contributed by atoms with van der Waals surface area (Å²) in [5.41, 5.74) is 2.62. The van der Waals surface area contributed by atoms with Crippen LogP contribution in [0.1, 0.15) is 23.5 Å². The predicted octanol–water partition coefficient (Wildman–Crippen LogP) is 4.45. The van der Waals surface area contributed by atoms with Gasteiger partial charge >= 0.3 is 11.9 Å². The normalized spacial score (nSPS) is 14.9. The van der Waals surface area contributed by atoms with Crippen LogP contribution in [0.2, 0.25) is 0 Å². The summed E-state index contributed by atoms with van der Waals surface area (Å²) in [6.07, 6.45) is 1.46. The first-order valence-electron chi connectivity index (χ1n) is 10.7. The Morgan fingerprint density at radius 3 is 2.56 bits per heavy atom. The van der Waals surface area contributed by atoms with Gasteiger partial charge in [-0.2, -0.15) is 0 Å². The number of methoxy groups -OCH3 is 1. The number of esters is 2. The summed E-state index contributed by atoms with van der Waals surface area (Å²) >= 11 is 0. The number of benzene rings is 3. The van der Waals surface area contributed by atoms with Crippen molar-refractivity contribution in [3.63, 3.8) is 0 Å². The first kappa shape index (κ1) is 21.5. The summed E-state index contributed by atoms with van der Waals surface area (Å²) in [4.78, 5) is 37.4. The largest absolute Gasteiger partial charge is 0.482 e. The van der Waals surface area contributed by atoms with Crippen LogP contribution in [0.25, 0.3) is 22.1 Å². The summed E-state index contributed by atoms with van der Waals surface area (Å²) in [7, 11) is 1.28. The van der Waals surface area contributed by atoms with E-state index in [4.69, 9.17) is 13.9 Å². The fourth-order valence-electron chi connectivity index (χ4n) is 4.23. The molecule has 0 saturated heterocycles. The van der Waals surface area contributed by atoms with Gasteiger partial charge in [0.05, 0.1) is 24.5 Å². The molecule has 0 amide bonds. The van der Waals surface area contributed by atoms with E-state index in [9.17, 15) is 14.4 Å². The van der Waals surface area contributed by atoms with Crippen molar-refractivity contribution in [3.05, 3.63) is 94.3 Å². The minimum Gasteiger partial charge on any atom is -0.482 e. The molecule has 34 heavy (non-hydrogen) atoms. The molecule has 0 fully saturated rings. The molecule has 3 aromatic carbocycles. The maximum absolute atomic E-state index is 13.4. The number of ether oxygens (including phenoxy) is 3. The monoisotopic (exact) mass is 456 g/mol. The second-order valence-electron chi connectivity index (χ2n) is 7.83. The van der Waals surface area contributed by atoms with E-state index in [0.717, 1.165) is 5.56 Å². The van der Waals surface area contributed by atoms with Gasteiger partial charge in [-0.1, -0.05) is 48.5 Å². The van der Waals surface area contributed by atoms with Crippen LogP contribution in [0.5, 0.6) is 11.5 Å². The third-order valence-corrected chi connectivity index (χ3v) is 5.84. The first-order chi connectivity index (χ1) is 16.6. The molecule has 7 heteroatoms. The lowest BCUT2D eigenvalue weighted by molar-refractivity contribution is -0.143. The maximum Gasteiger partial charge on any atom is 0.343 e. The zero-order valence-corrected chi connectivity index (χ0v) is 18.3. The third-order valence-electron chi connectivity index (χ3n) is 5.84. The number of para-hydroxylation sites is 1. The summed E-state index contributed by atoms with van der Waals surface area (Å²) in [6.45, 7) is -0.275. The number of rotatable bonds is 5. The molecule has 7 nitrogen and oxygen atoms in total. The summed E-state index contributed by atoms with van der Waals surface area (Å²) < 4.78 is 21.8. The van der Waals surface area contributed by atoms with Crippen molar-refractivity contribution in [1.29, 1.82) is 0 Å². The van der Waals surface area contributed by atoms with E-state index < -0.39 is 17.9 Å². The lowest BCUT2D eigenvalue weighted by Gasteiger charge is -2.26. The Hall–Kier alpha value is -4.39. The van der Waals surface area contributed by atoms with Crippen molar-refractivity contribution in [2.45, 2.75) is 12.3 Å². The fraction of sp³-hybridized carbons (Fsp3) is 0.148. The average molecular weight is 456 g/mol. The topological polar surface area (TPSA) is 92.0 Å². The number of hydrogen-bond donors (Lipinski definition) is 0. The molecule has 1 unspecified atom stereocenters. The molecule has 1 aliphatic rings. The van der Waals surface area contributed by atoms with Crippen molar-refractivity contribution in [2.75, 3.05) is 13.7 Å². The number of carbonyl (C=O) groups excluding carboxylic acids is 2. The number of hydrogen-bond acceptors (Lipinski definition) is 7. The summed E-state index contributed by atoms with van der Waals surface area (Å²) in [5, 5.41) is 0.385. The zero-order chi connectivity index (χ0) is 23.7. The van der Waals surface area contributed by atoms with E-state index in [1.807, 2.05) is 42.5 Å². The molecule has 4 aromatic rings. The van der Waals surface area contributed by atoms with Crippen LogP contribution in [0.4, 0.5) is 0 Å². The molecule has 1 aromatic heterocycles. The molecule has 0 radical (unpaired) electrons. The van der Waals surface area contributed by atoms with Crippen LogP contribution in [0.3, 0.4) is 0 Å². The van der Waals surface area contributed by atoms with Gasteiger partial charge in [0.25, 0.3) is 0 Å². The average Bonchev–Trinajstić information content (AvgIpc) is 2.87. The highest BCUT2D eigenvalue weighted by Crippen LogP contribution is 2.45. The van der Waals surface area contributed by atoms with Gasteiger partial charge in [0.15, 0.2) is 6.61 Å². The van der Waals surface area contributed by atoms with Gasteiger partial charge in [0.2, 0.25) is 5.43 Å². The van der Waals surface area contributed by atoms with Gasteiger partial charge in [-0.3, -0.25) is 9.59 Å². The highest BCUT2D eigenvalue weighted by atomic mass is 16.6. The van der Waals surface area contributed by atoms with Crippen molar-refractivity contribution in [2.24, 2.45) is 0 Å². The van der Waals surface area contributed by atoms with Crippen molar-refractivity contribution in [3.8, 4) is 22.6 Å². The Balaban J connectivity index is 1.67. The molecular formula is C27H20O7. The maximum atomic E-state index is 13.4. The number of carbonyl (C=O) groups is 2.